The summed E-state index contributed by atoms with van der Waals surface area (Å²) < 4.78 is 5.92. The van der Waals surface area contributed by atoms with Crippen LogP contribution in [0.2, 0.25) is 0 Å². The fourth-order valence-electron chi connectivity index (χ4n) is 7.73. The number of nitrogens with zero attached hydrogens (tertiary/aromatic N) is 1. The van der Waals surface area contributed by atoms with E-state index in [1.807, 2.05) is 6.08 Å². The first kappa shape index (κ1) is 21.4. The number of carbonyl (C=O) groups is 3. The summed E-state index contributed by atoms with van der Waals surface area (Å²) in [7, 11) is 2.96. The minimum absolute atomic E-state index is 0.0558. The van der Waals surface area contributed by atoms with Crippen LogP contribution >= 0.6 is 0 Å². The number of urea groups is 1. The van der Waals surface area contributed by atoms with Crippen molar-refractivity contribution in [2.24, 2.45) is 40.9 Å². The van der Waals surface area contributed by atoms with Crippen molar-refractivity contribution in [2.45, 2.75) is 65.4 Å². The van der Waals surface area contributed by atoms with Gasteiger partial charge in [-0.15, -0.1) is 0 Å². The van der Waals surface area contributed by atoms with Gasteiger partial charge < -0.3 is 10.1 Å². The van der Waals surface area contributed by atoms with Gasteiger partial charge in [0.05, 0.1) is 0 Å². The van der Waals surface area contributed by atoms with E-state index < -0.39 is 12.1 Å². The molecule has 0 aliphatic heterocycles. The number of fused-ring (bicyclic) bond motifs is 5. The Bertz CT molecular complexity index is 777. The van der Waals surface area contributed by atoms with Crippen LogP contribution in [0.1, 0.15) is 59.3 Å². The normalized spacial score (nSPS) is 42.4. The number of ether oxygens (including phenoxy) is 1. The number of ketones is 1. The lowest BCUT2D eigenvalue weighted by Gasteiger charge is -2.58. The van der Waals surface area contributed by atoms with Gasteiger partial charge in [-0.3, -0.25) is 4.79 Å². The molecule has 166 valence electrons. The molecule has 3 saturated carbocycles. The summed E-state index contributed by atoms with van der Waals surface area (Å²) in [5, 5.41) is 2.47. The standard InChI is InChI=1S/C24H36N2O4/c1-13-10-15-11-16(27)6-7-17(15)20-14(2)12-24(3)18(21(13)20)8-9-19(24)30-23(29)26(5)22(28)25-4/h11,13-14,17-21H,6-10,12H2,1-5H3,(H,25,28)/t13-,14+,17?,18?,19+,20?,21?,24+/m1/s1. The molecule has 0 spiro atoms. The Balaban J connectivity index is 1.57. The highest BCUT2D eigenvalue weighted by molar-refractivity contribution is 5.91. The van der Waals surface area contributed by atoms with Crippen molar-refractivity contribution in [3.05, 3.63) is 11.6 Å². The minimum atomic E-state index is -0.566. The largest absolute Gasteiger partial charge is 0.445 e. The molecule has 0 radical (unpaired) electrons. The summed E-state index contributed by atoms with van der Waals surface area (Å²) in [6.45, 7) is 7.02. The summed E-state index contributed by atoms with van der Waals surface area (Å²) in [4.78, 5) is 37.4. The molecule has 0 heterocycles. The predicted molar refractivity (Wildman–Crippen MR) is 114 cm³/mol. The predicted octanol–water partition coefficient (Wildman–Crippen LogP) is 4.40. The zero-order valence-corrected chi connectivity index (χ0v) is 18.9. The van der Waals surface area contributed by atoms with Gasteiger partial charge in [-0.05, 0) is 73.7 Å². The number of allylic oxidation sites excluding steroid dienone is 1. The van der Waals surface area contributed by atoms with Crippen LogP contribution in [0.3, 0.4) is 0 Å². The molecular formula is C24H36N2O4. The topological polar surface area (TPSA) is 75.7 Å². The molecule has 0 saturated heterocycles. The van der Waals surface area contributed by atoms with Gasteiger partial charge in [-0.2, -0.15) is 0 Å². The fourth-order valence-corrected chi connectivity index (χ4v) is 7.73. The van der Waals surface area contributed by atoms with Crippen LogP contribution in [-0.2, 0) is 9.53 Å². The minimum Gasteiger partial charge on any atom is -0.445 e. The molecule has 0 aromatic carbocycles. The number of imide groups is 1. The Labute approximate surface area is 179 Å². The third-order valence-electron chi connectivity index (χ3n) is 8.89. The number of hydrogen-bond acceptors (Lipinski definition) is 4. The molecule has 4 aliphatic rings. The Kier molecular flexibility index (Phi) is 5.48. The molecule has 0 aromatic rings. The average Bonchev–Trinajstić information content (AvgIpc) is 3.01. The summed E-state index contributed by atoms with van der Waals surface area (Å²) in [5.74, 6) is 3.66. The third kappa shape index (κ3) is 3.27. The first-order valence-electron chi connectivity index (χ1n) is 11.6. The number of hydrogen-bond donors (Lipinski definition) is 1. The Hall–Kier alpha value is -1.85. The molecule has 6 heteroatoms. The van der Waals surface area contributed by atoms with Crippen LogP contribution < -0.4 is 5.32 Å². The molecule has 4 aliphatic carbocycles. The highest BCUT2D eigenvalue weighted by Crippen LogP contribution is 2.65. The maximum Gasteiger partial charge on any atom is 0.417 e. The fraction of sp³-hybridized carbons (Fsp3) is 0.792. The van der Waals surface area contributed by atoms with E-state index in [2.05, 4.69) is 26.1 Å². The van der Waals surface area contributed by atoms with Gasteiger partial charge in [0.25, 0.3) is 0 Å². The van der Waals surface area contributed by atoms with Crippen molar-refractivity contribution >= 4 is 17.9 Å². The van der Waals surface area contributed by atoms with E-state index in [9.17, 15) is 14.4 Å². The molecule has 6 nitrogen and oxygen atoms in total. The molecule has 1 N–H and O–H groups in total. The second-order valence-electron chi connectivity index (χ2n) is 10.5. The van der Waals surface area contributed by atoms with Gasteiger partial charge in [0.2, 0.25) is 0 Å². The highest BCUT2D eigenvalue weighted by Gasteiger charge is 2.61. The van der Waals surface area contributed by atoms with Gasteiger partial charge in [-0.25, -0.2) is 14.5 Å². The molecule has 30 heavy (non-hydrogen) atoms. The summed E-state index contributed by atoms with van der Waals surface area (Å²) in [6.07, 6.45) is 6.92. The van der Waals surface area contributed by atoms with Crippen LogP contribution in [0, 0.1) is 40.9 Å². The van der Waals surface area contributed by atoms with E-state index in [1.165, 1.54) is 19.7 Å². The molecule has 4 unspecified atom stereocenters. The second-order valence-corrected chi connectivity index (χ2v) is 10.5. The molecule has 0 aromatic heterocycles. The number of amides is 3. The molecular weight excluding hydrogens is 380 g/mol. The summed E-state index contributed by atoms with van der Waals surface area (Å²) in [5.41, 5.74) is 1.34. The molecule has 4 rings (SSSR count). The maximum absolute atomic E-state index is 12.6. The lowest BCUT2D eigenvalue weighted by Crippen LogP contribution is -2.54. The first-order valence-corrected chi connectivity index (χ1v) is 11.6. The second kappa shape index (κ2) is 7.69. The van der Waals surface area contributed by atoms with Gasteiger partial charge in [0, 0.05) is 25.9 Å². The van der Waals surface area contributed by atoms with Crippen molar-refractivity contribution in [1.29, 1.82) is 0 Å². The van der Waals surface area contributed by atoms with Crippen LogP contribution in [0.25, 0.3) is 0 Å². The van der Waals surface area contributed by atoms with Gasteiger partial charge in [0.1, 0.15) is 6.10 Å². The molecule has 3 fully saturated rings. The van der Waals surface area contributed by atoms with Crippen molar-refractivity contribution < 1.29 is 19.1 Å². The molecule has 0 bridgehead atoms. The zero-order chi connectivity index (χ0) is 21.8. The van der Waals surface area contributed by atoms with Gasteiger partial charge >= 0.3 is 12.1 Å². The Morgan fingerprint density at radius 3 is 2.60 bits per heavy atom. The van der Waals surface area contributed by atoms with E-state index in [4.69, 9.17) is 4.74 Å². The maximum atomic E-state index is 12.6. The number of nitrogens with one attached hydrogen (secondary N) is 1. The van der Waals surface area contributed by atoms with Crippen molar-refractivity contribution in [3.63, 3.8) is 0 Å². The summed E-state index contributed by atoms with van der Waals surface area (Å²) in [6, 6.07) is -0.455. The van der Waals surface area contributed by atoms with Crippen molar-refractivity contribution in [2.75, 3.05) is 14.1 Å². The average molecular weight is 417 g/mol. The van der Waals surface area contributed by atoms with Crippen LogP contribution in [0.4, 0.5) is 9.59 Å². The Morgan fingerprint density at radius 2 is 1.90 bits per heavy atom. The monoisotopic (exact) mass is 416 g/mol. The van der Waals surface area contributed by atoms with Gasteiger partial charge in [-0.1, -0.05) is 26.3 Å². The highest BCUT2D eigenvalue weighted by atomic mass is 16.6. The van der Waals surface area contributed by atoms with Crippen molar-refractivity contribution in [3.8, 4) is 0 Å². The molecule has 3 amide bonds. The Morgan fingerprint density at radius 1 is 1.17 bits per heavy atom. The van der Waals surface area contributed by atoms with E-state index in [1.54, 1.807) is 0 Å². The summed E-state index contributed by atoms with van der Waals surface area (Å²) >= 11 is 0. The van der Waals surface area contributed by atoms with E-state index in [0.717, 1.165) is 37.0 Å². The van der Waals surface area contributed by atoms with E-state index in [-0.39, 0.29) is 11.5 Å². The van der Waals surface area contributed by atoms with Crippen LogP contribution in [0.15, 0.2) is 11.6 Å². The van der Waals surface area contributed by atoms with E-state index >= 15 is 0 Å². The van der Waals surface area contributed by atoms with E-state index in [0.29, 0.717) is 47.7 Å². The van der Waals surface area contributed by atoms with Crippen LogP contribution in [0.5, 0.6) is 0 Å². The zero-order valence-electron chi connectivity index (χ0n) is 18.9. The smallest absolute Gasteiger partial charge is 0.417 e. The first-order chi connectivity index (χ1) is 14.2. The SMILES string of the molecule is CNC(=O)N(C)C(=O)O[C@H]1CCC2C3C(C4CCC(=O)C=C4C[C@H]3C)[C@@H](C)C[C@@]21C. The number of carbonyl (C=O) groups excluding carboxylic acids is 3. The van der Waals surface area contributed by atoms with Crippen LogP contribution in [-0.4, -0.2) is 43.0 Å². The van der Waals surface area contributed by atoms with Gasteiger partial charge in [0.15, 0.2) is 5.78 Å². The third-order valence-corrected chi connectivity index (χ3v) is 8.89. The lowest BCUT2D eigenvalue weighted by atomic mass is 9.47. The van der Waals surface area contributed by atoms with Crippen molar-refractivity contribution in [1.82, 2.24) is 10.2 Å². The quantitative estimate of drug-likeness (QED) is 0.688. The molecule has 8 atom stereocenters. The number of rotatable bonds is 1. The lowest BCUT2D eigenvalue weighted by molar-refractivity contribution is -0.118.